The van der Waals surface area contributed by atoms with Gasteiger partial charge in [0.2, 0.25) is 0 Å². The van der Waals surface area contributed by atoms with Gasteiger partial charge in [-0.2, -0.15) is 0 Å². The first-order valence-electron chi connectivity index (χ1n) is 8.19. The lowest BCUT2D eigenvalue weighted by atomic mass is 9.74. The van der Waals surface area contributed by atoms with Crippen molar-refractivity contribution in [2.45, 2.75) is 53.1 Å². The zero-order valence-corrected chi connectivity index (χ0v) is 14.6. The molecule has 1 heteroatoms. The van der Waals surface area contributed by atoms with Crippen molar-refractivity contribution in [3.8, 4) is 11.1 Å². The zero-order chi connectivity index (χ0) is 16.1. The molecule has 22 heavy (non-hydrogen) atoms. The number of hydrogen-bond donors (Lipinski definition) is 0. The Hall–Kier alpha value is -1.76. The molecule has 1 nitrogen and oxygen atoms in total. The van der Waals surface area contributed by atoms with Gasteiger partial charge in [-0.1, -0.05) is 63.2 Å². The largest absolute Gasteiger partial charge is 0.359 e. The highest BCUT2D eigenvalue weighted by molar-refractivity contribution is 5.85. The third-order valence-corrected chi connectivity index (χ3v) is 4.51. The molecule has 2 aromatic rings. The summed E-state index contributed by atoms with van der Waals surface area (Å²) in [5.41, 5.74) is 5.78. The van der Waals surface area contributed by atoms with E-state index >= 15 is 0 Å². The van der Waals surface area contributed by atoms with Crippen LogP contribution in [0.1, 0.15) is 53.1 Å². The fraction of sp³-hybridized carbons (Fsp3) is 0.429. The lowest BCUT2D eigenvalue weighted by Gasteiger charge is -2.52. The summed E-state index contributed by atoms with van der Waals surface area (Å²) >= 11 is 0. The number of anilines is 1. The molecule has 1 atom stereocenters. The monoisotopic (exact) mass is 293 g/mol. The van der Waals surface area contributed by atoms with Crippen LogP contribution in [-0.2, 0) is 0 Å². The molecule has 0 amide bonds. The molecule has 0 radical (unpaired) electrons. The summed E-state index contributed by atoms with van der Waals surface area (Å²) in [5, 5.41) is 0. The number of fused-ring (bicyclic) bond motifs is 3. The predicted octanol–water partition coefficient (Wildman–Crippen LogP) is 6.06. The van der Waals surface area contributed by atoms with Crippen molar-refractivity contribution in [3.05, 3.63) is 54.1 Å². The van der Waals surface area contributed by atoms with Gasteiger partial charge in [-0.05, 0) is 43.4 Å². The van der Waals surface area contributed by atoms with Crippen molar-refractivity contribution >= 4 is 5.69 Å². The summed E-state index contributed by atoms with van der Waals surface area (Å²) in [4.78, 5) is 2.62. The molecule has 0 N–H and O–H groups in total. The van der Waals surface area contributed by atoms with Crippen LogP contribution >= 0.6 is 0 Å². The fourth-order valence-corrected chi connectivity index (χ4v) is 3.77. The molecule has 0 spiro atoms. The van der Waals surface area contributed by atoms with Gasteiger partial charge < -0.3 is 4.90 Å². The number of benzene rings is 2. The molecular weight excluding hydrogens is 266 g/mol. The smallest absolute Gasteiger partial charge is 0.0602 e. The highest BCUT2D eigenvalue weighted by Gasteiger charge is 2.42. The van der Waals surface area contributed by atoms with Crippen molar-refractivity contribution < 1.29 is 0 Å². The molecule has 0 saturated heterocycles. The highest BCUT2D eigenvalue weighted by atomic mass is 15.2. The Balaban J connectivity index is 2.35. The van der Waals surface area contributed by atoms with Crippen LogP contribution in [0.4, 0.5) is 5.69 Å². The number of rotatable bonds is 0. The molecule has 0 bridgehead atoms. The summed E-state index contributed by atoms with van der Waals surface area (Å²) < 4.78 is 0. The molecule has 1 heterocycles. The number of hydrogen-bond acceptors (Lipinski definition) is 1. The van der Waals surface area contributed by atoms with E-state index in [0.29, 0.717) is 6.04 Å². The minimum Gasteiger partial charge on any atom is -0.359 e. The predicted molar refractivity (Wildman–Crippen MR) is 96.3 cm³/mol. The van der Waals surface area contributed by atoms with E-state index in [1.807, 2.05) is 0 Å². The van der Waals surface area contributed by atoms with Crippen LogP contribution in [0.3, 0.4) is 0 Å². The Kier molecular flexibility index (Phi) is 3.36. The third-order valence-electron chi connectivity index (χ3n) is 4.51. The zero-order valence-electron chi connectivity index (χ0n) is 14.6. The topological polar surface area (TPSA) is 3.24 Å². The number of nitrogens with zero attached hydrogens (tertiary/aromatic N) is 1. The lowest BCUT2D eigenvalue weighted by molar-refractivity contribution is 0.268. The summed E-state index contributed by atoms with van der Waals surface area (Å²) in [5.74, 6) is 0. The molecule has 1 unspecified atom stereocenters. The standard InChI is InChI=1S/C21H27N/c1-20(2,3)19-17-13-8-7-11-15(17)16-12-9-10-14-18(16)22(19)21(4,5)6/h7-14,19H,1-6H3. The van der Waals surface area contributed by atoms with Crippen LogP contribution in [0.2, 0.25) is 0 Å². The van der Waals surface area contributed by atoms with Crippen LogP contribution < -0.4 is 4.90 Å². The Morgan fingerprint density at radius 2 is 1.27 bits per heavy atom. The lowest BCUT2D eigenvalue weighted by Crippen LogP contribution is -2.50. The van der Waals surface area contributed by atoms with E-state index in [-0.39, 0.29) is 11.0 Å². The quantitative estimate of drug-likeness (QED) is 0.570. The highest BCUT2D eigenvalue weighted by Crippen LogP contribution is 2.53. The Morgan fingerprint density at radius 1 is 0.727 bits per heavy atom. The summed E-state index contributed by atoms with van der Waals surface area (Å²) in [6.45, 7) is 14.0. The van der Waals surface area contributed by atoms with E-state index in [1.165, 1.54) is 22.4 Å². The second-order valence-electron chi connectivity index (χ2n) is 8.41. The fourth-order valence-electron chi connectivity index (χ4n) is 3.77. The van der Waals surface area contributed by atoms with Crippen molar-refractivity contribution in [2.24, 2.45) is 5.41 Å². The van der Waals surface area contributed by atoms with Gasteiger partial charge in [-0.15, -0.1) is 0 Å². The van der Waals surface area contributed by atoms with Gasteiger partial charge in [-0.25, -0.2) is 0 Å². The van der Waals surface area contributed by atoms with Crippen LogP contribution in [0.25, 0.3) is 11.1 Å². The van der Waals surface area contributed by atoms with E-state index < -0.39 is 0 Å². The van der Waals surface area contributed by atoms with Gasteiger partial charge in [0.1, 0.15) is 0 Å². The summed E-state index contributed by atoms with van der Waals surface area (Å²) in [6.07, 6.45) is 0. The molecule has 3 rings (SSSR count). The maximum atomic E-state index is 2.62. The first-order chi connectivity index (χ1) is 10.2. The van der Waals surface area contributed by atoms with Crippen LogP contribution in [0, 0.1) is 5.41 Å². The van der Waals surface area contributed by atoms with Gasteiger partial charge >= 0.3 is 0 Å². The molecule has 0 fully saturated rings. The SMILES string of the molecule is CC(C)(C)C1c2ccccc2-c2ccccc2N1C(C)(C)C. The molecule has 1 aliphatic rings. The average Bonchev–Trinajstić information content (AvgIpc) is 2.43. The summed E-state index contributed by atoms with van der Waals surface area (Å²) in [7, 11) is 0. The maximum absolute atomic E-state index is 2.62. The minimum atomic E-state index is 0.0710. The second-order valence-corrected chi connectivity index (χ2v) is 8.41. The Labute approximate surface area is 135 Å². The van der Waals surface area contributed by atoms with E-state index in [1.54, 1.807) is 0 Å². The normalized spacial score (nSPS) is 17.9. The van der Waals surface area contributed by atoms with E-state index in [0.717, 1.165) is 0 Å². The Morgan fingerprint density at radius 3 is 1.86 bits per heavy atom. The van der Waals surface area contributed by atoms with Crippen LogP contribution in [0.5, 0.6) is 0 Å². The molecule has 0 aliphatic carbocycles. The molecule has 0 saturated carbocycles. The molecule has 2 aromatic carbocycles. The van der Waals surface area contributed by atoms with E-state index in [4.69, 9.17) is 0 Å². The van der Waals surface area contributed by atoms with E-state index in [2.05, 4.69) is 95.0 Å². The van der Waals surface area contributed by atoms with E-state index in [9.17, 15) is 0 Å². The number of para-hydroxylation sites is 1. The molecule has 1 aliphatic heterocycles. The average molecular weight is 293 g/mol. The van der Waals surface area contributed by atoms with Crippen molar-refractivity contribution in [1.29, 1.82) is 0 Å². The molecular formula is C21H27N. The van der Waals surface area contributed by atoms with Crippen molar-refractivity contribution in [2.75, 3.05) is 4.90 Å². The van der Waals surface area contributed by atoms with Gasteiger partial charge in [0.05, 0.1) is 6.04 Å². The van der Waals surface area contributed by atoms with Gasteiger partial charge in [-0.3, -0.25) is 0 Å². The molecule has 116 valence electrons. The van der Waals surface area contributed by atoms with Crippen LogP contribution in [-0.4, -0.2) is 5.54 Å². The van der Waals surface area contributed by atoms with Gasteiger partial charge in [0, 0.05) is 16.8 Å². The maximum Gasteiger partial charge on any atom is 0.0602 e. The minimum absolute atomic E-state index is 0.0710. The molecule has 0 aromatic heterocycles. The van der Waals surface area contributed by atoms with Gasteiger partial charge in [0.15, 0.2) is 0 Å². The first-order valence-corrected chi connectivity index (χ1v) is 8.19. The van der Waals surface area contributed by atoms with Crippen LogP contribution in [0.15, 0.2) is 48.5 Å². The third kappa shape index (κ3) is 2.33. The van der Waals surface area contributed by atoms with Crippen molar-refractivity contribution in [3.63, 3.8) is 0 Å². The first kappa shape index (κ1) is 15.1. The summed E-state index contributed by atoms with van der Waals surface area (Å²) in [6, 6.07) is 18.1. The second kappa shape index (κ2) is 4.87. The van der Waals surface area contributed by atoms with Crippen molar-refractivity contribution in [1.82, 2.24) is 0 Å². The Bertz CT molecular complexity index is 624. The van der Waals surface area contributed by atoms with Gasteiger partial charge in [0.25, 0.3) is 0 Å².